The van der Waals surface area contributed by atoms with Gasteiger partial charge in [-0.2, -0.15) is 0 Å². The molecular formula is C9H9Cl2N3O2S3. The predicted octanol–water partition coefficient (Wildman–Crippen LogP) is 3.33. The summed E-state index contributed by atoms with van der Waals surface area (Å²) >= 11 is 13.7. The molecule has 0 aliphatic carbocycles. The van der Waals surface area contributed by atoms with Crippen molar-refractivity contribution in [3.8, 4) is 0 Å². The normalized spacial score (nSPS) is 13.5. The van der Waals surface area contributed by atoms with E-state index in [-0.39, 0.29) is 20.4 Å². The van der Waals surface area contributed by atoms with Gasteiger partial charge in [0.25, 0.3) is 10.0 Å². The van der Waals surface area contributed by atoms with Crippen LogP contribution in [0, 0.1) is 0 Å². The fourth-order valence-corrected chi connectivity index (χ4v) is 5.44. The second-order valence-corrected chi connectivity index (χ2v) is 8.45. The molecule has 2 heterocycles. The Kier molecular flexibility index (Phi) is 4.38. The SMILES string of the molecule is CC(N)c1csc(NS(=O)(=O)c2cc(Cl)sc2Cl)n1. The van der Waals surface area contributed by atoms with Gasteiger partial charge < -0.3 is 5.73 Å². The number of thiophene rings is 1. The predicted molar refractivity (Wildman–Crippen MR) is 79.9 cm³/mol. The number of hydrogen-bond acceptors (Lipinski definition) is 6. The van der Waals surface area contributed by atoms with E-state index in [0.717, 1.165) is 22.7 Å². The van der Waals surface area contributed by atoms with Crippen molar-refractivity contribution < 1.29 is 8.42 Å². The third kappa shape index (κ3) is 3.39. The highest BCUT2D eigenvalue weighted by Gasteiger charge is 2.22. The van der Waals surface area contributed by atoms with Gasteiger partial charge in [-0.3, -0.25) is 4.72 Å². The summed E-state index contributed by atoms with van der Waals surface area (Å²) in [5.74, 6) is 0. The standard InChI is InChI=1S/C9H9Cl2N3O2S3/c1-4(12)5-3-17-9(13-5)14-19(15,16)6-2-7(10)18-8(6)11/h2-4H,12H2,1H3,(H,13,14). The molecule has 0 saturated carbocycles. The molecule has 2 rings (SSSR count). The Bertz CT molecular complexity index is 693. The fraction of sp³-hybridized carbons (Fsp3) is 0.222. The Morgan fingerprint density at radius 1 is 1.47 bits per heavy atom. The summed E-state index contributed by atoms with van der Waals surface area (Å²) in [5, 5.41) is 1.94. The summed E-state index contributed by atoms with van der Waals surface area (Å²) in [6.07, 6.45) is 0. The van der Waals surface area contributed by atoms with Crippen LogP contribution in [0.5, 0.6) is 0 Å². The van der Waals surface area contributed by atoms with E-state index in [4.69, 9.17) is 28.9 Å². The first-order valence-corrected chi connectivity index (χ1v) is 8.92. The summed E-state index contributed by atoms with van der Waals surface area (Å²) in [5.41, 5.74) is 6.28. The highest BCUT2D eigenvalue weighted by molar-refractivity contribution is 7.93. The van der Waals surface area contributed by atoms with E-state index >= 15 is 0 Å². The van der Waals surface area contributed by atoms with Crippen LogP contribution in [0.1, 0.15) is 18.7 Å². The van der Waals surface area contributed by atoms with Gasteiger partial charge >= 0.3 is 0 Å². The number of hydrogen-bond donors (Lipinski definition) is 2. The summed E-state index contributed by atoms with van der Waals surface area (Å²) in [7, 11) is -3.78. The van der Waals surface area contributed by atoms with Crippen molar-refractivity contribution >= 4 is 61.0 Å². The molecule has 0 radical (unpaired) electrons. The summed E-state index contributed by atoms with van der Waals surface area (Å²) in [6.45, 7) is 1.77. The minimum Gasteiger partial charge on any atom is -0.323 e. The first-order valence-electron chi connectivity index (χ1n) is 4.98. The molecular weight excluding hydrogens is 349 g/mol. The van der Waals surface area contributed by atoms with Gasteiger partial charge in [-0.25, -0.2) is 13.4 Å². The monoisotopic (exact) mass is 357 g/mol. The second-order valence-electron chi connectivity index (χ2n) is 3.66. The lowest BCUT2D eigenvalue weighted by Gasteiger charge is -2.03. The highest BCUT2D eigenvalue weighted by atomic mass is 35.5. The van der Waals surface area contributed by atoms with Gasteiger partial charge in [0.15, 0.2) is 5.13 Å². The number of nitrogens with one attached hydrogen (secondary N) is 1. The highest BCUT2D eigenvalue weighted by Crippen LogP contribution is 2.35. The molecule has 19 heavy (non-hydrogen) atoms. The van der Waals surface area contributed by atoms with E-state index in [1.807, 2.05) is 0 Å². The average Bonchev–Trinajstić information content (AvgIpc) is 2.85. The Morgan fingerprint density at radius 3 is 2.63 bits per heavy atom. The number of anilines is 1. The Balaban J connectivity index is 2.28. The van der Waals surface area contributed by atoms with Crippen LogP contribution >= 0.6 is 45.9 Å². The smallest absolute Gasteiger partial charge is 0.266 e. The van der Waals surface area contributed by atoms with Crippen LogP contribution < -0.4 is 10.5 Å². The molecule has 0 spiro atoms. The molecule has 0 aromatic carbocycles. The third-order valence-electron chi connectivity index (χ3n) is 2.13. The molecule has 0 saturated heterocycles. The molecule has 0 amide bonds. The van der Waals surface area contributed by atoms with Crippen molar-refractivity contribution in [2.45, 2.75) is 17.9 Å². The molecule has 0 aliphatic heterocycles. The van der Waals surface area contributed by atoms with Gasteiger partial charge in [-0.15, -0.1) is 22.7 Å². The number of thiazole rings is 1. The zero-order chi connectivity index (χ0) is 14.2. The van der Waals surface area contributed by atoms with Gasteiger partial charge in [-0.1, -0.05) is 23.2 Å². The quantitative estimate of drug-likeness (QED) is 0.878. The zero-order valence-corrected chi connectivity index (χ0v) is 13.5. The number of aromatic nitrogens is 1. The first kappa shape index (κ1) is 15.0. The zero-order valence-electron chi connectivity index (χ0n) is 9.55. The van der Waals surface area contributed by atoms with E-state index in [0.29, 0.717) is 10.0 Å². The van der Waals surface area contributed by atoms with Gasteiger partial charge in [0.05, 0.1) is 10.0 Å². The molecule has 0 bridgehead atoms. The van der Waals surface area contributed by atoms with Crippen LogP contribution in [0.3, 0.4) is 0 Å². The van der Waals surface area contributed by atoms with Crippen molar-refractivity contribution in [2.24, 2.45) is 5.73 Å². The molecule has 1 atom stereocenters. The number of nitrogens with two attached hydrogens (primary N) is 1. The Morgan fingerprint density at radius 2 is 2.16 bits per heavy atom. The fourth-order valence-electron chi connectivity index (χ4n) is 1.22. The lowest BCUT2D eigenvalue weighted by atomic mass is 10.3. The topological polar surface area (TPSA) is 85.1 Å². The van der Waals surface area contributed by atoms with E-state index in [1.54, 1.807) is 12.3 Å². The first-order chi connectivity index (χ1) is 8.79. The van der Waals surface area contributed by atoms with Crippen molar-refractivity contribution in [1.82, 2.24) is 4.98 Å². The van der Waals surface area contributed by atoms with Crippen molar-refractivity contribution in [2.75, 3.05) is 4.72 Å². The minimum absolute atomic E-state index is 0.0540. The molecule has 5 nitrogen and oxygen atoms in total. The van der Waals surface area contributed by atoms with E-state index in [2.05, 4.69) is 9.71 Å². The molecule has 3 N–H and O–H groups in total. The largest absolute Gasteiger partial charge is 0.323 e. The number of halogens is 2. The lowest BCUT2D eigenvalue weighted by Crippen LogP contribution is -2.13. The van der Waals surface area contributed by atoms with E-state index in [9.17, 15) is 8.42 Å². The van der Waals surface area contributed by atoms with Crippen LogP contribution in [-0.2, 0) is 10.0 Å². The minimum atomic E-state index is -3.78. The van der Waals surface area contributed by atoms with Crippen molar-refractivity contribution in [3.63, 3.8) is 0 Å². The van der Waals surface area contributed by atoms with Gasteiger partial charge in [-0.05, 0) is 13.0 Å². The van der Waals surface area contributed by atoms with Crippen LogP contribution in [0.2, 0.25) is 8.67 Å². The summed E-state index contributed by atoms with van der Waals surface area (Å²) < 4.78 is 27.0. The summed E-state index contributed by atoms with van der Waals surface area (Å²) in [4.78, 5) is 4.03. The van der Waals surface area contributed by atoms with Gasteiger partial charge in [0.2, 0.25) is 0 Å². The van der Waals surface area contributed by atoms with E-state index < -0.39 is 10.0 Å². The molecule has 2 aromatic heterocycles. The van der Waals surface area contributed by atoms with Gasteiger partial charge in [0.1, 0.15) is 9.23 Å². The number of sulfonamides is 1. The number of rotatable bonds is 4. The maximum atomic E-state index is 12.1. The average molecular weight is 358 g/mol. The van der Waals surface area contributed by atoms with Crippen LogP contribution in [0.4, 0.5) is 5.13 Å². The van der Waals surface area contributed by atoms with Crippen molar-refractivity contribution in [3.05, 3.63) is 25.8 Å². The molecule has 0 aliphatic rings. The molecule has 2 aromatic rings. The van der Waals surface area contributed by atoms with Crippen LogP contribution in [0.25, 0.3) is 0 Å². The lowest BCUT2D eigenvalue weighted by molar-refractivity contribution is 0.601. The molecule has 104 valence electrons. The maximum Gasteiger partial charge on any atom is 0.266 e. The molecule has 0 fully saturated rings. The Hall–Kier alpha value is -0.380. The molecule has 1 unspecified atom stereocenters. The maximum absolute atomic E-state index is 12.1. The van der Waals surface area contributed by atoms with Crippen molar-refractivity contribution in [1.29, 1.82) is 0 Å². The third-order valence-corrected chi connectivity index (χ3v) is 6.12. The summed E-state index contributed by atoms with van der Waals surface area (Å²) in [6, 6.07) is 1.05. The van der Waals surface area contributed by atoms with Crippen LogP contribution in [-0.4, -0.2) is 13.4 Å². The Labute approximate surface area is 128 Å². The van der Waals surface area contributed by atoms with Gasteiger partial charge in [0, 0.05) is 11.4 Å². The van der Waals surface area contributed by atoms with Crippen LogP contribution in [0.15, 0.2) is 16.3 Å². The van der Waals surface area contributed by atoms with E-state index in [1.165, 1.54) is 6.07 Å². The second kappa shape index (κ2) is 5.55. The number of nitrogens with zero attached hydrogens (tertiary/aromatic N) is 1. The molecule has 10 heteroatoms.